The molecule has 138 valence electrons. The van der Waals surface area contributed by atoms with Crippen LogP contribution in [0.1, 0.15) is 50.6 Å². The summed E-state index contributed by atoms with van der Waals surface area (Å²) in [4.78, 5) is 12.8. The third-order valence-electron chi connectivity index (χ3n) is 5.30. The number of carbonyl (C=O) groups is 1. The van der Waals surface area contributed by atoms with Crippen molar-refractivity contribution in [2.24, 2.45) is 5.92 Å². The van der Waals surface area contributed by atoms with E-state index in [0.717, 1.165) is 18.4 Å². The van der Waals surface area contributed by atoms with Crippen molar-refractivity contribution in [3.05, 3.63) is 34.9 Å². The molecular weight excluding hydrogens is 338 g/mol. The summed E-state index contributed by atoms with van der Waals surface area (Å²) in [5, 5.41) is 19.7. The molecule has 0 spiro atoms. The van der Waals surface area contributed by atoms with Crippen LogP contribution < -0.4 is 16.0 Å². The fourth-order valence-corrected chi connectivity index (χ4v) is 4.32. The molecule has 1 aliphatic carbocycles. The molecule has 1 unspecified atom stereocenters. The van der Waals surface area contributed by atoms with Gasteiger partial charge < -0.3 is 15.7 Å². The molecule has 0 bridgehead atoms. The average molecular weight is 366 g/mol. The number of hydrogen-bond acceptors (Lipinski definition) is 4. The number of nitrogens with one attached hydrogen (secondary N) is 3. The van der Waals surface area contributed by atoms with Crippen LogP contribution in [0.25, 0.3) is 0 Å². The van der Waals surface area contributed by atoms with E-state index in [1.54, 1.807) is 6.92 Å². The maximum Gasteiger partial charge on any atom is 0.237 e. The highest BCUT2D eigenvalue weighted by atomic mass is 35.5. The highest BCUT2D eigenvalue weighted by Gasteiger charge is 2.33. The minimum absolute atomic E-state index is 0.0132. The number of amides is 1. The first-order valence-electron chi connectivity index (χ1n) is 9.26. The number of rotatable bonds is 6. The Morgan fingerprint density at radius 3 is 2.80 bits per heavy atom. The summed E-state index contributed by atoms with van der Waals surface area (Å²) >= 11 is 6.17. The molecule has 2 aliphatic rings. The lowest BCUT2D eigenvalue weighted by Gasteiger charge is -2.27. The van der Waals surface area contributed by atoms with Crippen LogP contribution in [0.5, 0.6) is 0 Å². The summed E-state index contributed by atoms with van der Waals surface area (Å²) < 4.78 is 0. The lowest BCUT2D eigenvalue weighted by atomic mass is 9.91. The van der Waals surface area contributed by atoms with E-state index in [0.29, 0.717) is 23.9 Å². The zero-order chi connectivity index (χ0) is 17.8. The van der Waals surface area contributed by atoms with Crippen molar-refractivity contribution in [1.82, 2.24) is 16.0 Å². The predicted octanol–water partition coefficient (Wildman–Crippen LogP) is 2.35. The number of aliphatic hydroxyl groups excluding tert-OH is 1. The van der Waals surface area contributed by atoms with Crippen molar-refractivity contribution in [2.75, 3.05) is 6.54 Å². The van der Waals surface area contributed by atoms with Crippen molar-refractivity contribution < 1.29 is 9.90 Å². The maximum absolute atomic E-state index is 12.8. The normalized spacial score (nSPS) is 26.5. The van der Waals surface area contributed by atoms with Gasteiger partial charge in [-0.15, -0.1) is 0 Å². The number of hydrogen-bond donors (Lipinski definition) is 4. The summed E-state index contributed by atoms with van der Waals surface area (Å²) in [5.74, 6) is 0.502. The molecule has 4 atom stereocenters. The summed E-state index contributed by atoms with van der Waals surface area (Å²) in [6.07, 6.45) is 4.85. The van der Waals surface area contributed by atoms with Gasteiger partial charge in [-0.05, 0) is 49.8 Å². The molecule has 1 aromatic carbocycles. The predicted molar refractivity (Wildman–Crippen MR) is 99.3 cm³/mol. The molecule has 0 aromatic heterocycles. The molecule has 6 heteroatoms. The first kappa shape index (κ1) is 18.6. The van der Waals surface area contributed by atoms with Crippen LogP contribution in [0.3, 0.4) is 0 Å². The van der Waals surface area contributed by atoms with E-state index < -0.39 is 6.23 Å². The van der Waals surface area contributed by atoms with Gasteiger partial charge in [0.15, 0.2) is 0 Å². The van der Waals surface area contributed by atoms with Gasteiger partial charge in [0.1, 0.15) is 6.23 Å². The van der Waals surface area contributed by atoms with E-state index in [9.17, 15) is 9.90 Å². The third-order valence-corrected chi connectivity index (χ3v) is 5.54. The van der Waals surface area contributed by atoms with Crippen molar-refractivity contribution in [3.63, 3.8) is 0 Å². The Balaban J connectivity index is 1.67. The van der Waals surface area contributed by atoms with E-state index in [1.165, 1.54) is 12.8 Å². The molecule has 5 nitrogen and oxygen atoms in total. The third kappa shape index (κ3) is 4.94. The number of carbonyl (C=O) groups excluding carboxylic acids is 1. The quantitative estimate of drug-likeness (QED) is 0.584. The molecule has 1 heterocycles. The number of halogens is 1. The Labute approximate surface area is 154 Å². The zero-order valence-corrected chi connectivity index (χ0v) is 15.4. The van der Waals surface area contributed by atoms with E-state index in [1.807, 2.05) is 18.2 Å². The monoisotopic (exact) mass is 365 g/mol. The first-order chi connectivity index (χ1) is 12.0. The van der Waals surface area contributed by atoms with Gasteiger partial charge in [-0.3, -0.25) is 10.1 Å². The number of aliphatic hydroxyl groups is 1. The topological polar surface area (TPSA) is 73.4 Å². The molecule has 2 fully saturated rings. The fourth-order valence-electron chi connectivity index (χ4n) is 4.12. The van der Waals surface area contributed by atoms with Gasteiger partial charge in [0, 0.05) is 17.6 Å². The second-order valence-corrected chi connectivity index (χ2v) is 7.76. The largest absolute Gasteiger partial charge is 0.379 e. The van der Waals surface area contributed by atoms with Crippen molar-refractivity contribution >= 4 is 17.5 Å². The maximum atomic E-state index is 12.8. The lowest BCUT2D eigenvalue weighted by molar-refractivity contribution is -0.124. The van der Waals surface area contributed by atoms with Gasteiger partial charge in [-0.1, -0.05) is 36.6 Å². The lowest BCUT2D eigenvalue weighted by Crippen LogP contribution is -2.43. The summed E-state index contributed by atoms with van der Waals surface area (Å²) in [5.41, 5.74) is 1.09. The average Bonchev–Trinajstić information content (AvgIpc) is 3.23. The standard InChI is InChI=1S/C19H28ClN3O2/c1-12(24)22-16-10-17(21-11-16)19(25)23-18(13-5-2-3-6-13)14-7-4-8-15(20)9-14/h4,7-9,12-13,16-18,21-22,24H,2-3,5-6,10-11H2,1H3,(H,23,25)/t12?,16-,17+,18+/m1/s1. The summed E-state index contributed by atoms with van der Waals surface area (Å²) in [7, 11) is 0. The van der Waals surface area contributed by atoms with Gasteiger partial charge in [-0.25, -0.2) is 0 Å². The van der Waals surface area contributed by atoms with Gasteiger partial charge >= 0.3 is 0 Å². The molecule has 3 rings (SSSR count). The Hall–Kier alpha value is -1.14. The smallest absolute Gasteiger partial charge is 0.237 e. The van der Waals surface area contributed by atoms with E-state index >= 15 is 0 Å². The highest BCUT2D eigenvalue weighted by molar-refractivity contribution is 6.30. The van der Waals surface area contributed by atoms with Crippen LogP contribution in [0.15, 0.2) is 24.3 Å². The molecule has 1 amide bonds. The molecule has 4 N–H and O–H groups in total. The fraction of sp³-hybridized carbons (Fsp3) is 0.632. The molecular formula is C19H28ClN3O2. The van der Waals surface area contributed by atoms with Gasteiger partial charge in [0.25, 0.3) is 0 Å². The molecule has 1 aromatic rings. The summed E-state index contributed by atoms with van der Waals surface area (Å²) in [6.45, 7) is 2.39. The van der Waals surface area contributed by atoms with Crippen molar-refractivity contribution in [1.29, 1.82) is 0 Å². The number of benzene rings is 1. The second-order valence-electron chi connectivity index (χ2n) is 7.32. The summed E-state index contributed by atoms with van der Waals surface area (Å²) in [6, 6.07) is 7.73. The van der Waals surface area contributed by atoms with Crippen molar-refractivity contribution in [3.8, 4) is 0 Å². The molecule has 25 heavy (non-hydrogen) atoms. The van der Waals surface area contributed by atoms with Crippen LogP contribution in [0.2, 0.25) is 5.02 Å². The van der Waals surface area contributed by atoms with Crippen LogP contribution in [-0.2, 0) is 4.79 Å². The van der Waals surface area contributed by atoms with Crippen LogP contribution in [0, 0.1) is 5.92 Å². The SMILES string of the molecule is CC(O)N[C@H]1CN[C@H](C(=O)N[C@H](c2cccc(Cl)c2)C2CCCC2)C1. The highest BCUT2D eigenvalue weighted by Crippen LogP contribution is 2.36. The first-order valence-corrected chi connectivity index (χ1v) is 9.64. The molecule has 1 saturated carbocycles. The zero-order valence-electron chi connectivity index (χ0n) is 14.7. The minimum Gasteiger partial charge on any atom is -0.379 e. The van der Waals surface area contributed by atoms with E-state index in [2.05, 4.69) is 22.0 Å². The van der Waals surface area contributed by atoms with Crippen LogP contribution in [0.4, 0.5) is 0 Å². The molecule has 1 aliphatic heterocycles. The van der Waals surface area contributed by atoms with Crippen LogP contribution >= 0.6 is 11.6 Å². The Morgan fingerprint density at radius 2 is 2.12 bits per heavy atom. The van der Waals surface area contributed by atoms with Crippen LogP contribution in [-0.4, -0.2) is 35.9 Å². The van der Waals surface area contributed by atoms with Crippen molar-refractivity contribution in [2.45, 2.75) is 63.4 Å². The second kappa shape index (κ2) is 8.49. The van der Waals surface area contributed by atoms with E-state index in [4.69, 9.17) is 11.6 Å². The Bertz CT molecular complexity index is 590. The Morgan fingerprint density at radius 1 is 1.36 bits per heavy atom. The minimum atomic E-state index is -0.564. The van der Waals surface area contributed by atoms with Gasteiger partial charge in [0.05, 0.1) is 12.1 Å². The Kier molecular flexibility index (Phi) is 6.34. The molecule has 0 radical (unpaired) electrons. The van der Waals surface area contributed by atoms with Gasteiger partial charge in [-0.2, -0.15) is 0 Å². The van der Waals surface area contributed by atoms with Gasteiger partial charge in [0.2, 0.25) is 5.91 Å². The van der Waals surface area contributed by atoms with E-state index in [-0.39, 0.29) is 24.0 Å². The molecule has 1 saturated heterocycles.